The maximum Gasteiger partial charge on any atom is 0.295 e. The smallest absolute Gasteiger partial charge is 0.295 e. The number of para-hydroxylation sites is 2. The van der Waals surface area contributed by atoms with Gasteiger partial charge in [0.15, 0.2) is 5.11 Å². The number of rotatable bonds is 5. The first-order valence-corrected chi connectivity index (χ1v) is 11.2. The first-order chi connectivity index (χ1) is 16.3. The molecule has 4 aromatic rings. The lowest BCUT2D eigenvalue weighted by Gasteiger charge is -2.12. The average Bonchev–Trinajstić information content (AvgIpc) is 3.04. The number of carbonyl (C=O) groups excluding carboxylic acids is 1. The Bertz CT molecular complexity index is 1430. The van der Waals surface area contributed by atoms with E-state index in [1.807, 2.05) is 48.5 Å². The Morgan fingerprint density at radius 2 is 1.62 bits per heavy atom. The molecule has 1 aromatic heterocycles. The summed E-state index contributed by atoms with van der Waals surface area (Å²) in [5, 5.41) is 9.71. The molecule has 172 valence electrons. The lowest BCUT2D eigenvalue weighted by Crippen LogP contribution is -2.23. The zero-order valence-electron chi connectivity index (χ0n) is 18.5. The molecule has 0 fully saturated rings. The molecule has 0 saturated carbocycles. The molecule has 4 rings (SSSR count). The summed E-state index contributed by atoms with van der Waals surface area (Å²) in [6.45, 7) is 1.78. The Balaban J connectivity index is 1.52. The van der Waals surface area contributed by atoms with Gasteiger partial charge < -0.3 is 16.0 Å². The van der Waals surface area contributed by atoms with Crippen LogP contribution in [0.15, 0.2) is 83.7 Å². The second kappa shape index (κ2) is 9.94. The minimum atomic E-state index is -0.403. The fourth-order valence-electron chi connectivity index (χ4n) is 3.48. The third-order valence-electron chi connectivity index (χ3n) is 5.30. The normalized spacial score (nSPS) is 10.6. The summed E-state index contributed by atoms with van der Waals surface area (Å²) in [5.74, 6) is -0.403. The number of hydrogen-bond acceptors (Lipinski definition) is 3. The number of nitrogens with one attached hydrogen (secondary N) is 3. The number of thiocarbonyl (C=S) groups is 1. The summed E-state index contributed by atoms with van der Waals surface area (Å²) in [4.78, 5) is 26.1. The molecule has 0 radical (unpaired) electrons. The van der Waals surface area contributed by atoms with Crippen molar-refractivity contribution in [2.24, 2.45) is 7.05 Å². The van der Waals surface area contributed by atoms with Crippen LogP contribution in [0.1, 0.15) is 16.1 Å². The van der Waals surface area contributed by atoms with Gasteiger partial charge in [0.1, 0.15) is 5.69 Å². The van der Waals surface area contributed by atoms with Crippen LogP contribution >= 0.6 is 23.8 Å². The van der Waals surface area contributed by atoms with Crippen molar-refractivity contribution in [1.29, 1.82) is 0 Å². The van der Waals surface area contributed by atoms with Gasteiger partial charge in [0.2, 0.25) is 0 Å². The molecule has 0 bridgehead atoms. The zero-order chi connectivity index (χ0) is 24.2. The van der Waals surface area contributed by atoms with E-state index in [-0.39, 0.29) is 11.2 Å². The number of anilines is 3. The molecule has 7 nitrogen and oxygen atoms in total. The number of benzene rings is 3. The number of nitrogens with zero attached hydrogens (tertiary/aromatic N) is 2. The van der Waals surface area contributed by atoms with E-state index < -0.39 is 5.91 Å². The van der Waals surface area contributed by atoms with Crippen LogP contribution in [0.4, 0.5) is 17.1 Å². The van der Waals surface area contributed by atoms with Gasteiger partial charge in [-0.05, 0) is 61.6 Å². The number of hydrogen-bond donors (Lipinski definition) is 3. The van der Waals surface area contributed by atoms with Crippen molar-refractivity contribution in [3.8, 4) is 5.69 Å². The summed E-state index contributed by atoms with van der Waals surface area (Å²) >= 11 is 11.5. The van der Waals surface area contributed by atoms with Crippen LogP contribution in [-0.4, -0.2) is 20.4 Å². The van der Waals surface area contributed by atoms with Gasteiger partial charge >= 0.3 is 0 Å². The highest BCUT2D eigenvalue weighted by molar-refractivity contribution is 7.80. The van der Waals surface area contributed by atoms with Crippen LogP contribution in [0.2, 0.25) is 5.02 Å². The van der Waals surface area contributed by atoms with E-state index in [4.69, 9.17) is 23.8 Å². The molecule has 3 aromatic carbocycles. The van der Waals surface area contributed by atoms with Crippen LogP contribution in [0.25, 0.3) is 5.69 Å². The maximum atomic E-state index is 13.1. The van der Waals surface area contributed by atoms with E-state index in [9.17, 15) is 9.59 Å². The Morgan fingerprint density at radius 3 is 2.35 bits per heavy atom. The number of amides is 1. The van der Waals surface area contributed by atoms with E-state index in [2.05, 4.69) is 16.0 Å². The molecule has 0 saturated heterocycles. The van der Waals surface area contributed by atoms with Gasteiger partial charge in [0, 0.05) is 18.3 Å². The summed E-state index contributed by atoms with van der Waals surface area (Å²) < 4.78 is 3.23. The van der Waals surface area contributed by atoms with Crippen molar-refractivity contribution < 1.29 is 4.79 Å². The van der Waals surface area contributed by atoms with Gasteiger partial charge in [0.25, 0.3) is 11.5 Å². The fourth-order valence-corrected chi connectivity index (χ4v) is 3.89. The number of halogens is 1. The second-order valence-electron chi connectivity index (χ2n) is 7.53. The summed E-state index contributed by atoms with van der Waals surface area (Å²) in [7, 11) is 1.77. The van der Waals surface area contributed by atoms with E-state index in [1.165, 1.54) is 4.68 Å². The Labute approximate surface area is 207 Å². The SMILES string of the molecule is Cc1c(NC(=O)c2cccc(NC(=S)Nc3ccccc3Cl)c2)c(=O)n(-c2ccccc2)n1C. The van der Waals surface area contributed by atoms with E-state index >= 15 is 0 Å². The van der Waals surface area contributed by atoms with Crippen molar-refractivity contribution in [3.63, 3.8) is 0 Å². The summed E-state index contributed by atoms with van der Waals surface area (Å²) in [5.41, 5.74) is 2.93. The highest BCUT2D eigenvalue weighted by atomic mass is 35.5. The van der Waals surface area contributed by atoms with Gasteiger partial charge in [-0.3, -0.25) is 14.3 Å². The molecule has 0 aliphatic carbocycles. The van der Waals surface area contributed by atoms with E-state index in [1.54, 1.807) is 49.0 Å². The minimum absolute atomic E-state index is 0.227. The van der Waals surface area contributed by atoms with Gasteiger partial charge in [-0.25, -0.2) is 4.68 Å². The van der Waals surface area contributed by atoms with Gasteiger partial charge in [-0.15, -0.1) is 0 Å². The van der Waals surface area contributed by atoms with Gasteiger partial charge in [-0.1, -0.05) is 48.0 Å². The zero-order valence-corrected chi connectivity index (χ0v) is 20.1. The third-order valence-corrected chi connectivity index (χ3v) is 5.83. The van der Waals surface area contributed by atoms with Crippen molar-refractivity contribution >= 4 is 51.9 Å². The predicted molar refractivity (Wildman–Crippen MR) is 141 cm³/mol. The van der Waals surface area contributed by atoms with E-state index in [0.717, 1.165) is 0 Å². The van der Waals surface area contributed by atoms with Crippen molar-refractivity contribution in [2.45, 2.75) is 6.92 Å². The van der Waals surface area contributed by atoms with Gasteiger partial charge in [-0.2, -0.15) is 0 Å². The predicted octanol–water partition coefficient (Wildman–Crippen LogP) is 5.20. The molecule has 1 amide bonds. The van der Waals surface area contributed by atoms with Crippen LogP contribution in [0.3, 0.4) is 0 Å². The first kappa shape index (κ1) is 23.3. The fraction of sp³-hybridized carbons (Fsp3) is 0.0800. The Morgan fingerprint density at radius 1 is 0.912 bits per heavy atom. The molecular formula is C25H22ClN5O2S. The average molecular weight is 492 g/mol. The standard InChI is InChI=1S/C25H22ClN5O2S/c1-16-22(24(33)31(30(16)2)19-11-4-3-5-12-19)29-23(32)17-9-8-10-18(15-17)27-25(34)28-21-14-7-6-13-20(21)26/h3-15H,1-2H3,(H,29,32)(H2,27,28,34). The number of aromatic nitrogens is 2. The lowest BCUT2D eigenvalue weighted by atomic mass is 10.2. The Hall–Kier alpha value is -3.88. The largest absolute Gasteiger partial charge is 0.332 e. The molecular weight excluding hydrogens is 470 g/mol. The highest BCUT2D eigenvalue weighted by Gasteiger charge is 2.19. The molecule has 9 heteroatoms. The van der Waals surface area contributed by atoms with Crippen LogP contribution in [-0.2, 0) is 7.05 Å². The quantitative estimate of drug-likeness (QED) is 0.334. The first-order valence-electron chi connectivity index (χ1n) is 10.4. The minimum Gasteiger partial charge on any atom is -0.332 e. The van der Waals surface area contributed by atoms with Crippen molar-refractivity contribution in [3.05, 3.63) is 105 Å². The van der Waals surface area contributed by atoms with Crippen LogP contribution in [0, 0.1) is 6.92 Å². The van der Waals surface area contributed by atoms with Crippen LogP contribution in [0.5, 0.6) is 0 Å². The summed E-state index contributed by atoms with van der Waals surface area (Å²) in [6.07, 6.45) is 0. The molecule has 0 atom stereocenters. The molecule has 0 spiro atoms. The number of carbonyl (C=O) groups is 1. The third kappa shape index (κ3) is 4.88. The Kier molecular flexibility index (Phi) is 6.81. The molecule has 0 aliphatic heterocycles. The van der Waals surface area contributed by atoms with Crippen molar-refractivity contribution in [1.82, 2.24) is 9.36 Å². The monoisotopic (exact) mass is 491 g/mol. The summed E-state index contributed by atoms with van der Waals surface area (Å²) in [6, 6.07) is 23.3. The molecule has 34 heavy (non-hydrogen) atoms. The molecule has 3 N–H and O–H groups in total. The molecule has 0 unspecified atom stereocenters. The highest BCUT2D eigenvalue weighted by Crippen LogP contribution is 2.21. The van der Waals surface area contributed by atoms with E-state index in [0.29, 0.717) is 38.5 Å². The van der Waals surface area contributed by atoms with Gasteiger partial charge in [0.05, 0.1) is 22.1 Å². The van der Waals surface area contributed by atoms with Crippen molar-refractivity contribution in [2.75, 3.05) is 16.0 Å². The maximum absolute atomic E-state index is 13.1. The molecule has 1 heterocycles. The van der Waals surface area contributed by atoms with Crippen LogP contribution < -0.4 is 21.5 Å². The second-order valence-corrected chi connectivity index (χ2v) is 8.35. The molecule has 0 aliphatic rings. The lowest BCUT2D eigenvalue weighted by molar-refractivity contribution is 0.102. The topological polar surface area (TPSA) is 80.1 Å².